The van der Waals surface area contributed by atoms with Crippen LogP contribution in [0.2, 0.25) is 0 Å². The summed E-state index contributed by atoms with van der Waals surface area (Å²) in [5.74, 6) is 0. The highest BCUT2D eigenvalue weighted by Crippen LogP contribution is 2.29. The van der Waals surface area contributed by atoms with Crippen LogP contribution in [-0.2, 0) is 20.0 Å². The number of hydrogen-bond donors (Lipinski definition) is 1. The fraction of sp³-hybridized carbons (Fsp3) is 0.217. The number of hydrogen-bond acceptors (Lipinski definition) is 3. The van der Waals surface area contributed by atoms with Crippen LogP contribution < -0.4 is 10.9 Å². The third-order valence-electron chi connectivity index (χ3n) is 5.67. The average molecular weight is 443 g/mol. The second-order valence-electron chi connectivity index (χ2n) is 7.46. The Morgan fingerprint density at radius 1 is 1.07 bits per heavy atom. The standard InChI is InChI=1S/C23H22N4O.2ClH/c1-15-3-6-20(25-13-15)16-8-10-27(23(28)11-16)17-4-5-18-19-14-24-9-7-21(19)26(2)22(18)12-17;;/h3-6,8,10-13,24H,7,9,14H2,1-2H3;2*1H. The summed E-state index contributed by atoms with van der Waals surface area (Å²) in [5, 5.41) is 4.72. The summed E-state index contributed by atoms with van der Waals surface area (Å²) < 4.78 is 3.96. The molecule has 0 amide bonds. The zero-order chi connectivity index (χ0) is 19.3. The number of rotatable bonds is 2. The van der Waals surface area contributed by atoms with Crippen molar-refractivity contribution in [2.75, 3.05) is 6.54 Å². The van der Waals surface area contributed by atoms with Gasteiger partial charge in [-0.2, -0.15) is 0 Å². The van der Waals surface area contributed by atoms with Gasteiger partial charge in [-0.1, -0.05) is 12.1 Å². The summed E-state index contributed by atoms with van der Waals surface area (Å²) in [6.45, 7) is 3.92. The van der Waals surface area contributed by atoms with Gasteiger partial charge in [-0.15, -0.1) is 24.8 Å². The van der Waals surface area contributed by atoms with Gasteiger partial charge in [-0.25, -0.2) is 0 Å². The Morgan fingerprint density at radius 2 is 1.90 bits per heavy atom. The van der Waals surface area contributed by atoms with Crippen molar-refractivity contribution in [3.05, 3.63) is 82.0 Å². The molecule has 0 fully saturated rings. The second-order valence-corrected chi connectivity index (χ2v) is 7.46. The van der Waals surface area contributed by atoms with Crippen LogP contribution in [0.25, 0.3) is 27.8 Å². The van der Waals surface area contributed by atoms with Crippen molar-refractivity contribution in [2.45, 2.75) is 19.9 Å². The minimum absolute atomic E-state index is 0. The van der Waals surface area contributed by atoms with Gasteiger partial charge < -0.3 is 9.88 Å². The van der Waals surface area contributed by atoms with E-state index in [-0.39, 0.29) is 30.4 Å². The molecule has 3 aromatic heterocycles. The third kappa shape index (κ3) is 3.65. The maximum atomic E-state index is 12.8. The van der Waals surface area contributed by atoms with E-state index in [2.05, 4.69) is 34.0 Å². The molecule has 0 atom stereocenters. The van der Waals surface area contributed by atoms with E-state index in [1.165, 1.54) is 22.2 Å². The number of nitrogens with zero attached hydrogens (tertiary/aromatic N) is 3. The van der Waals surface area contributed by atoms with Gasteiger partial charge in [0.25, 0.3) is 5.56 Å². The maximum Gasteiger partial charge on any atom is 0.255 e. The lowest BCUT2D eigenvalue weighted by Crippen LogP contribution is -2.24. The van der Waals surface area contributed by atoms with E-state index in [0.717, 1.165) is 42.0 Å². The van der Waals surface area contributed by atoms with Gasteiger partial charge in [0.2, 0.25) is 0 Å². The van der Waals surface area contributed by atoms with E-state index in [1.807, 2.05) is 43.6 Å². The molecule has 0 bridgehead atoms. The summed E-state index contributed by atoms with van der Waals surface area (Å²) in [6.07, 6.45) is 4.69. The Labute approximate surface area is 187 Å². The average Bonchev–Trinajstić information content (AvgIpc) is 3.01. The summed E-state index contributed by atoms with van der Waals surface area (Å²) in [4.78, 5) is 17.2. The van der Waals surface area contributed by atoms with Crippen molar-refractivity contribution < 1.29 is 0 Å². The van der Waals surface area contributed by atoms with Crippen LogP contribution in [0.3, 0.4) is 0 Å². The van der Waals surface area contributed by atoms with Crippen LogP contribution in [-0.4, -0.2) is 20.7 Å². The second kappa shape index (κ2) is 8.64. The largest absolute Gasteiger partial charge is 0.347 e. The zero-order valence-corrected chi connectivity index (χ0v) is 18.5. The molecule has 0 aliphatic carbocycles. The molecule has 30 heavy (non-hydrogen) atoms. The van der Waals surface area contributed by atoms with Crippen molar-refractivity contribution in [3.63, 3.8) is 0 Å². The van der Waals surface area contributed by atoms with Gasteiger partial charge in [0.1, 0.15) is 0 Å². The summed E-state index contributed by atoms with van der Waals surface area (Å²) in [6, 6.07) is 13.8. The Balaban J connectivity index is 0.00000128. The first-order valence-corrected chi connectivity index (χ1v) is 9.59. The Morgan fingerprint density at radius 3 is 2.63 bits per heavy atom. The first-order valence-electron chi connectivity index (χ1n) is 9.59. The fourth-order valence-corrected chi connectivity index (χ4v) is 4.13. The molecule has 0 saturated heterocycles. The number of aromatic nitrogens is 3. The normalized spacial score (nSPS) is 12.7. The third-order valence-corrected chi connectivity index (χ3v) is 5.67. The van der Waals surface area contributed by atoms with Gasteiger partial charge >= 0.3 is 0 Å². The van der Waals surface area contributed by atoms with Gasteiger partial charge in [-0.05, 0) is 42.3 Å². The van der Waals surface area contributed by atoms with Crippen LogP contribution >= 0.6 is 24.8 Å². The van der Waals surface area contributed by atoms with Crippen molar-refractivity contribution in [1.82, 2.24) is 19.4 Å². The van der Waals surface area contributed by atoms with Crippen LogP contribution in [0.15, 0.2) is 59.7 Å². The van der Waals surface area contributed by atoms with Crippen LogP contribution in [0.4, 0.5) is 0 Å². The molecule has 7 heteroatoms. The summed E-state index contributed by atoms with van der Waals surface area (Å²) in [7, 11) is 2.12. The van der Waals surface area contributed by atoms with Crippen LogP contribution in [0.5, 0.6) is 0 Å². The zero-order valence-electron chi connectivity index (χ0n) is 16.9. The number of benzene rings is 1. The van der Waals surface area contributed by atoms with E-state index >= 15 is 0 Å². The number of halogens is 2. The first kappa shape index (κ1) is 22.1. The lowest BCUT2D eigenvalue weighted by Gasteiger charge is -2.14. The monoisotopic (exact) mass is 442 g/mol. The molecule has 0 unspecified atom stereocenters. The first-order chi connectivity index (χ1) is 13.6. The van der Waals surface area contributed by atoms with Gasteiger partial charge in [0.15, 0.2) is 0 Å². The minimum atomic E-state index is -0.0557. The molecule has 156 valence electrons. The molecule has 1 aromatic carbocycles. The molecular weight excluding hydrogens is 419 g/mol. The molecule has 5 nitrogen and oxygen atoms in total. The van der Waals surface area contributed by atoms with Gasteiger partial charge in [0.05, 0.1) is 16.9 Å². The van der Waals surface area contributed by atoms with Crippen LogP contribution in [0.1, 0.15) is 16.8 Å². The maximum absolute atomic E-state index is 12.8. The van der Waals surface area contributed by atoms with Gasteiger partial charge in [-0.3, -0.25) is 14.3 Å². The number of fused-ring (bicyclic) bond motifs is 3. The van der Waals surface area contributed by atoms with Crippen LogP contribution in [0, 0.1) is 6.92 Å². The van der Waals surface area contributed by atoms with Crippen molar-refractivity contribution in [3.8, 4) is 16.9 Å². The summed E-state index contributed by atoms with van der Waals surface area (Å²) >= 11 is 0. The molecule has 4 heterocycles. The Kier molecular flexibility index (Phi) is 6.36. The highest BCUT2D eigenvalue weighted by Gasteiger charge is 2.18. The lowest BCUT2D eigenvalue weighted by atomic mass is 10.1. The quantitative estimate of drug-likeness (QED) is 0.506. The molecule has 5 rings (SSSR count). The van der Waals surface area contributed by atoms with Gasteiger partial charge in [0, 0.05) is 61.7 Å². The highest BCUT2D eigenvalue weighted by molar-refractivity contribution is 5.87. The smallest absolute Gasteiger partial charge is 0.255 e. The number of aryl methyl sites for hydroxylation is 2. The highest BCUT2D eigenvalue weighted by atomic mass is 35.5. The molecule has 4 aromatic rings. The molecule has 0 saturated carbocycles. The molecule has 0 radical (unpaired) electrons. The van der Waals surface area contributed by atoms with Crippen molar-refractivity contribution in [1.29, 1.82) is 0 Å². The molecule has 1 aliphatic rings. The lowest BCUT2D eigenvalue weighted by molar-refractivity contribution is 0.622. The van der Waals surface area contributed by atoms with E-state index < -0.39 is 0 Å². The van der Waals surface area contributed by atoms with Crippen molar-refractivity contribution in [2.24, 2.45) is 7.05 Å². The topological polar surface area (TPSA) is 51.9 Å². The van der Waals surface area contributed by atoms with E-state index in [9.17, 15) is 4.79 Å². The number of nitrogens with one attached hydrogen (secondary N) is 1. The van der Waals surface area contributed by atoms with E-state index in [0.29, 0.717) is 0 Å². The predicted octanol–water partition coefficient (Wildman–Crippen LogP) is 4.19. The van der Waals surface area contributed by atoms with Crippen molar-refractivity contribution >= 4 is 35.7 Å². The SMILES string of the molecule is Cc1ccc(-c2ccn(-c3ccc4c5c(n(C)c4c3)CCNC5)c(=O)c2)nc1.Cl.Cl. The molecule has 1 aliphatic heterocycles. The Bertz CT molecular complexity index is 1260. The Hall–Kier alpha value is -2.60. The fourth-order valence-electron chi connectivity index (χ4n) is 4.13. The minimum Gasteiger partial charge on any atom is -0.347 e. The molecular formula is C23H24Cl2N4O. The van der Waals surface area contributed by atoms with E-state index in [1.54, 1.807) is 10.6 Å². The molecule has 0 spiro atoms. The predicted molar refractivity (Wildman–Crippen MR) is 126 cm³/mol. The number of pyridine rings is 2. The molecule has 1 N–H and O–H groups in total. The summed E-state index contributed by atoms with van der Waals surface area (Å²) in [5.41, 5.74) is 7.51. The van der Waals surface area contributed by atoms with E-state index in [4.69, 9.17) is 0 Å².